The zero-order valence-electron chi connectivity index (χ0n) is 11.1. The minimum Gasteiger partial charge on any atom is -0.478 e. The average molecular weight is 305 g/mol. The molecule has 0 bridgehead atoms. The molecule has 0 aliphatic heterocycles. The molecule has 0 spiro atoms. The standard InChI is InChI=1S/C12H16FNO5S/c1-3-10(7-19-2)14-20(17,18)11-5-8(12(15)16)4-9(13)6-11/h4-6,10,14H,3,7H2,1-2H3,(H,15,16). The van der Waals surface area contributed by atoms with Gasteiger partial charge in [-0.1, -0.05) is 6.92 Å². The fraction of sp³-hybridized carbons (Fsp3) is 0.417. The number of methoxy groups -OCH3 is 1. The third-order valence-corrected chi connectivity index (χ3v) is 4.11. The van der Waals surface area contributed by atoms with Crippen molar-refractivity contribution in [2.24, 2.45) is 0 Å². The molecule has 1 aromatic carbocycles. The first-order valence-corrected chi connectivity index (χ1v) is 7.33. The van der Waals surface area contributed by atoms with Gasteiger partial charge in [-0.2, -0.15) is 0 Å². The van der Waals surface area contributed by atoms with E-state index in [1.165, 1.54) is 7.11 Å². The van der Waals surface area contributed by atoms with Gasteiger partial charge in [0.25, 0.3) is 0 Å². The maximum absolute atomic E-state index is 13.3. The Labute approximate surface area is 116 Å². The molecular formula is C12H16FNO5S. The molecule has 1 atom stereocenters. The highest BCUT2D eigenvalue weighted by Crippen LogP contribution is 2.15. The van der Waals surface area contributed by atoms with Crippen LogP contribution in [-0.4, -0.2) is 39.3 Å². The molecule has 0 aliphatic carbocycles. The minimum absolute atomic E-state index is 0.164. The van der Waals surface area contributed by atoms with Gasteiger partial charge in [0.05, 0.1) is 17.1 Å². The molecule has 0 aliphatic rings. The fourth-order valence-electron chi connectivity index (χ4n) is 1.57. The second-order valence-corrected chi connectivity index (χ2v) is 5.88. The van der Waals surface area contributed by atoms with Gasteiger partial charge in [0.2, 0.25) is 10.0 Å². The Balaban J connectivity index is 3.12. The van der Waals surface area contributed by atoms with Crippen LogP contribution in [0.25, 0.3) is 0 Å². The van der Waals surface area contributed by atoms with E-state index in [4.69, 9.17) is 9.84 Å². The topological polar surface area (TPSA) is 92.7 Å². The van der Waals surface area contributed by atoms with E-state index in [9.17, 15) is 17.6 Å². The molecule has 8 heteroatoms. The molecule has 2 N–H and O–H groups in total. The number of ether oxygens (including phenoxy) is 1. The number of sulfonamides is 1. The van der Waals surface area contributed by atoms with Crippen molar-refractivity contribution < 1.29 is 27.4 Å². The van der Waals surface area contributed by atoms with Gasteiger partial charge in [-0.3, -0.25) is 0 Å². The summed E-state index contributed by atoms with van der Waals surface area (Å²) in [4.78, 5) is 10.4. The van der Waals surface area contributed by atoms with Crippen LogP contribution in [0.1, 0.15) is 23.7 Å². The van der Waals surface area contributed by atoms with Gasteiger partial charge in [0, 0.05) is 13.2 Å². The Kier molecular flexibility index (Phi) is 5.61. The molecule has 1 unspecified atom stereocenters. The van der Waals surface area contributed by atoms with Crippen LogP contribution in [0.4, 0.5) is 4.39 Å². The van der Waals surface area contributed by atoms with Gasteiger partial charge in [-0.15, -0.1) is 0 Å². The number of carbonyl (C=O) groups is 1. The van der Waals surface area contributed by atoms with Crippen molar-refractivity contribution in [2.75, 3.05) is 13.7 Å². The van der Waals surface area contributed by atoms with Gasteiger partial charge in [-0.25, -0.2) is 22.3 Å². The van der Waals surface area contributed by atoms with Crippen molar-refractivity contribution in [3.8, 4) is 0 Å². The zero-order chi connectivity index (χ0) is 15.3. The summed E-state index contributed by atoms with van der Waals surface area (Å²) in [5.74, 6) is -2.32. The highest BCUT2D eigenvalue weighted by molar-refractivity contribution is 7.89. The highest BCUT2D eigenvalue weighted by Gasteiger charge is 2.21. The number of carboxylic acid groups (broad SMARTS) is 1. The van der Waals surface area contributed by atoms with Crippen LogP contribution in [0.3, 0.4) is 0 Å². The summed E-state index contributed by atoms with van der Waals surface area (Å²) in [5.41, 5.74) is -0.426. The minimum atomic E-state index is -4.01. The van der Waals surface area contributed by atoms with Gasteiger partial charge in [0.1, 0.15) is 5.82 Å². The number of hydrogen-bond donors (Lipinski definition) is 2. The predicted molar refractivity (Wildman–Crippen MR) is 69.6 cm³/mol. The first-order valence-electron chi connectivity index (χ1n) is 5.85. The summed E-state index contributed by atoms with van der Waals surface area (Å²) < 4.78 is 44.7. The van der Waals surface area contributed by atoms with Crippen LogP contribution in [0.15, 0.2) is 23.1 Å². The second kappa shape index (κ2) is 6.78. The molecule has 20 heavy (non-hydrogen) atoms. The summed E-state index contributed by atoms with van der Waals surface area (Å²) in [5, 5.41) is 8.81. The van der Waals surface area contributed by atoms with E-state index in [1.54, 1.807) is 6.92 Å². The fourth-order valence-corrected chi connectivity index (χ4v) is 2.92. The molecule has 0 aromatic heterocycles. The Hall–Kier alpha value is -1.51. The SMILES string of the molecule is CCC(COC)NS(=O)(=O)c1cc(F)cc(C(=O)O)c1. The lowest BCUT2D eigenvalue weighted by molar-refractivity contribution is 0.0696. The smallest absolute Gasteiger partial charge is 0.335 e. The average Bonchev–Trinajstić information content (AvgIpc) is 2.37. The third kappa shape index (κ3) is 4.26. The van der Waals surface area contributed by atoms with Crippen LogP contribution < -0.4 is 4.72 Å². The number of nitrogens with one attached hydrogen (secondary N) is 1. The number of rotatable bonds is 7. The largest absolute Gasteiger partial charge is 0.478 e. The third-order valence-electron chi connectivity index (χ3n) is 2.61. The Morgan fingerprint density at radius 2 is 2.10 bits per heavy atom. The number of halogens is 1. The molecule has 0 saturated heterocycles. The van der Waals surface area contributed by atoms with Crippen LogP contribution in [-0.2, 0) is 14.8 Å². The number of aromatic carboxylic acids is 1. The quantitative estimate of drug-likeness (QED) is 0.790. The van der Waals surface area contributed by atoms with Crippen molar-refractivity contribution >= 4 is 16.0 Å². The van der Waals surface area contributed by atoms with Gasteiger partial charge in [-0.05, 0) is 24.6 Å². The molecule has 0 amide bonds. The van der Waals surface area contributed by atoms with Crippen molar-refractivity contribution in [1.82, 2.24) is 4.72 Å². The maximum Gasteiger partial charge on any atom is 0.335 e. The van der Waals surface area contributed by atoms with E-state index in [2.05, 4.69) is 4.72 Å². The Morgan fingerprint density at radius 1 is 1.45 bits per heavy atom. The molecule has 0 fully saturated rings. The van der Waals surface area contributed by atoms with E-state index in [0.717, 1.165) is 18.2 Å². The molecule has 0 saturated carbocycles. The number of carboxylic acids is 1. The summed E-state index contributed by atoms with van der Waals surface area (Å²) in [6.45, 7) is 1.93. The monoisotopic (exact) mass is 305 g/mol. The Morgan fingerprint density at radius 3 is 2.60 bits per heavy atom. The maximum atomic E-state index is 13.3. The van der Waals surface area contributed by atoms with Crippen molar-refractivity contribution in [2.45, 2.75) is 24.3 Å². The molecule has 112 valence electrons. The first kappa shape index (κ1) is 16.5. The van der Waals surface area contributed by atoms with Crippen molar-refractivity contribution in [1.29, 1.82) is 0 Å². The van der Waals surface area contributed by atoms with Crippen LogP contribution in [0.2, 0.25) is 0 Å². The summed E-state index contributed by atoms with van der Waals surface area (Å²) in [6.07, 6.45) is 0.480. The molecular weight excluding hydrogens is 289 g/mol. The van der Waals surface area contributed by atoms with E-state index in [0.29, 0.717) is 6.42 Å². The molecule has 0 heterocycles. The van der Waals surface area contributed by atoms with E-state index in [1.807, 2.05) is 0 Å². The van der Waals surface area contributed by atoms with Crippen molar-refractivity contribution in [3.05, 3.63) is 29.6 Å². The lowest BCUT2D eigenvalue weighted by atomic mass is 10.2. The molecule has 1 rings (SSSR count). The molecule has 6 nitrogen and oxygen atoms in total. The van der Waals surface area contributed by atoms with Crippen LogP contribution >= 0.6 is 0 Å². The molecule has 1 aromatic rings. The van der Waals surface area contributed by atoms with Crippen molar-refractivity contribution in [3.63, 3.8) is 0 Å². The second-order valence-electron chi connectivity index (χ2n) is 4.16. The zero-order valence-corrected chi connectivity index (χ0v) is 11.9. The van der Waals surface area contributed by atoms with E-state index >= 15 is 0 Å². The van der Waals surface area contributed by atoms with Gasteiger partial charge < -0.3 is 9.84 Å². The van der Waals surface area contributed by atoms with E-state index in [-0.39, 0.29) is 6.61 Å². The van der Waals surface area contributed by atoms with Crippen LogP contribution in [0, 0.1) is 5.82 Å². The van der Waals surface area contributed by atoms with E-state index < -0.39 is 38.3 Å². The molecule has 0 radical (unpaired) electrons. The Bertz CT molecular complexity index is 588. The lowest BCUT2D eigenvalue weighted by Crippen LogP contribution is -2.37. The summed E-state index contributed by atoms with van der Waals surface area (Å²) in [7, 11) is -2.57. The summed E-state index contributed by atoms with van der Waals surface area (Å²) in [6, 6.07) is 1.97. The first-order chi connectivity index (χ1) is 9.30. The number of benzene rings is 1. The van der Waals surface area contributed by atoms with Crippen LogP contribution in [0.5, 0.6) is 0 Å². The highest BCUT2D eigenvalue weighted by atomic mass is 32.2. The number of hydrogen-bond acceptors (Lipinski definition) is 4. The lowest BCUT2D eigenvalue weighted by Gasteiger charge is -2.16. The van der Waals surface area contributed by atoms with Gasteiger partial charge >= 0.3 is 5.97 Å². The van der Waals surface area contributed by atoms with Gasteiger partial charge in [0.15, 0.2) is 0 Å². The predicted octanol–water partition coefficient (Wildman–Crippen LogP) is 1.23. The summed E-state index contributed by atoms with van der Waals surface area (Å²) >= 11 is 0. The normalized spacial score (nSPS) is 13.2.